The van der Waals surface area contributed by atoms with E-state index in [0.717, 1.165) is 30.4 Å². The van der Waals surface area contributed by atoms with E-state index in [1.54, 1.807) is 0 Å². The first-order valence-corrected chi connectivity index (χ1v) is 9.34. The zero-order chi connectivity index (χ0) is 17.4. The lowest BCUT2D eigenvalue weighted by molar-refractivity contribution is -0.137. The predicted octanol–water partition coefficient (Wildman–Crippen LogP) is 2.42. The van der Waals surface area contributed by atoms with Gasteiger partial charge in [-0.2, -0.15) is 0 Å². The molecule has 4 nitrogen and oxygen atoms in total. The molecule has 0 radical (unpaired) electrons. The Labute approximate surface area is 143 Å². The number of rotatable bonds is 0. The van der Waals surface area contributed by atoms with Crippen molar-refractivity contribution in [1.29, 1.82) is 0 Å². The summed E-state index contributed by atoms with van der Waals surface area (Å²) in [5.41, 5.74) is 1.10. The van der Waals surface area contributed by atoms with Crippen LogP contribution in [0.1, 0.15) is 59.3 Å². The summed E-state index contributed by atoms with van der Waals surface area (Å²) in [4.78, 5) is 24.6. The topological polar surface area (TPSA) is 74.6 Å². The quantitative estimate of drug-likeness (QED) is 0.714. The zero-order valence-corrected chi connectivity index (χ0v) is 14.8. The van der Waals surface area contributed by atoms with E-state index in [2.05, 4.69) is 6.92 Å². The fourth-order valence-corrected chi connectivity index (χ4v) is 6.91. The third-order valence-electron chi connectivity index (χ3n) is 8.09. The second-order valence-electron chi connectivity index (χ2n) is 9.08. The highest BCUT2D eigenvalue weighted by Crippen LogP contribution is 2.64. The number of hydrogen-bond donors (Lipinski definition) is 2. The summed E-state index contributed by atoms with van der Waals surface area (Å²) in [6.45, 7) is 6.08. The average Bonchev–Trinajstić information content (AvgIpc) is 2.73. The summed E-state index contributed by atoms with van der Waals surface area (Å²) < 4.78 is 0. The fourth-order valence-electron chi connectivity index (χ4n) is 6.91. The van der Waals surface area contributed by atoms with Crippen molar-refractivity contribution in [1.82, 2.24) is 0 Å². The van der Waals surface area contributed by atoms with Gasteiger partial charge in [0.15, 0.2) is 5.78 Å². The molecule has 0 unspecified atom stereocenters. The van der Waals surface area contributed by atoms with Gasteiger partial charge in [-0.1, -0.05) is 13.8 Å². The van der Waals surface area contributed by atoms with E-state index in [4.69, 9.17) is 0 Å². The summed E-state index contributed by atoms with van der Waals surface area (Å²) in [7, 11) is 0. The molecule has 0 aromatic carbocycles. The number of carbonyl (C=O) groups is 2. The number of ketones is 2. The lowest BCUT2D eigenvalue weighted by Gasteiger charge is -2.58. The first-order valence-electron chi connectivity index (χ1n) is 9.34. The van der Waals surface area contributed by atoms with E-state index in [9.17, 15) is 19.8 Å². The molecule has 0 heterocycles. The van der Waals surface area contributed by atoms with Gasteiger partial charge in [0.05, 0.1) is 12.2 Å². The van der Waals surface area contributed by atoms with Crippen molar-refractivity contribution in [2.75, 3.05) is 0 Å². The molecule has 132 valence electrons. The Balaban J connectivity index is 1.80. The van der Waals surface area contributed by atoms with Crippen LogP contribution in [0.2, 0.25) is 0 Å². The van der Waals surface area contributed by atoms with Gasteiger partial charge in [-0.15, -0.1) is 0 Å². The Morgan fingerprint density at radius 1 is 1.08 bits per heavy atom. The molecule has 0 bridgehead atoms. The van der Waals surface area contributed by atoms with Gasteiger partial charge < -0.3 is 10.2 Å². The van der Waals surface area contributed by atoms with Crippen molar-refractivity contribution >= 4 is 11.6 Å². The van der Waals surface area contributed by atoms with Gasteiger partial charge in [-0.3, -0.25) is 9.59 Å². The highest BCUT2D eigenvalue weighted by atomic mass is 16.3. The largest absolute Gasteiger partial charge is 0.392 e. The Morgan fingerprint density at radius 3 is 2.50 bits per heavy atom. The third-order valence-corrected chi connectivity index (χ3v) is 8.09. The molecule has 24 heavy (non-hydrogen) atoms. The normalized spacial score (nSPS) is 51.3. The Bertz CT molecular complexity index is 650. The SMILES string of the molecule is CC1=C2[C@H](O)C[C@H]3[C@@H]4[C@@H](O)CC(=O)[C@@]4(C)CC[C@@H]3[C@@]2(C)CCC1=O. The number of carbonyl (C=O) groups excluding carboxylic acids is 2. The van der Waals surface area contributed by atoms with Crippen LogP contribution in [0.25, 0.3) is 0 Å². The molecule has 0 spiro atoms. The van der Waals surface area contributed by atoms with E-state index < -0.39 is 17.6 Å². The van der Waals surface area contributed by atoms with Crippen LogP contribution in [0.3, 0.4) is 0 Å². The van der Waals surface area contributed by atoms with Gasteiger partial charge in [0, 0.05) is 24.2 Å². The van der Waals surface area contributed by atoms with E-state index in [1.165, 1.54) is 0 Å². The van der Waals surface area contributed by atoms with Crippen molar-refractivity contribution in [3.05, 3.63) is 11.1 Å². The number of aliphatic hydroxyl groups is 2. The van der Waals surface area contributed by atoms with Gasteiger partial charge in [0.1, 0.15) is 5.78 Å². The minimum atomic E-state index is -0.620. The number of aliphatic hydroxyl groups excluding tert-OH is 2. The number of hydrogen-bond acceptors (Lipinski definition) is 4. The molecule has 2 N–H and O–H groups in total. The van der Waals surface area contributed by atoms with Crippen LogP contribution >= 0.6 is 0 Å². The van der Waals surface area contributed by atoms with Crippen LogP contribution < -0.4 is 0 Å². The van der Waals surface area contributed by atoms with Crippen LogP contribution in [-0.4, -0.2) is 34.0 Å². The van der Waals surface area contributed by atoms with E-state index >= 15 is 0 Å². The van der Waals surface area contributed by atoms with E-state index in [1.807, 2.05) is 13.8 Å². The lowest BCUT2D eigenvalue weighted by atomic mass is 9.46. The van der Waals surface area contributed by atoms with Crippen LogP contribution in [-0.2, 0) is 9.59 Å². The minimum Gasteiger partial charge on any atom is -0.392 e. The summed E-state index contributed by atoms with van der Waals surface area (Å²) in [5.74, 6) is 0.813. The second-order valence-corrected chi connectivity index (χ2v) is 9.08. The van der Waals surface area contributed by atoms with Crippen molar-refractivity contribution in [3.63, 3.8) is 0 Å². The van der Waals surface area contributed by atoms with Crippen molar-refractivity contribution in [3.8, 4) is 0 Å². The molecular formula is C20H28O4. The van der Waals surface area contributed by atoms with Gasteiger partial charge in [-0.25, -0.2) is 0 Å². The maximum absolute atomic E-state index is 12.5. The van der Waals surface area contributed by atoms with Gasteiger partial charge in [0.2, 0.25) is 0 Å². The Kier molecular flexibility index (Phi) is 3.44. The summed E-state index contributed by atoms with van der Waals surface area (Å²) >= 11 is 0. The average molecular weight is 332 g/mol. The highest BCUT2D eigenvalue weighted by molar-refractivity contribution is 5.97. The first kappa shape index (κ1) is 16.5. The maximum Gasteiger partial charge on any atom is 0.158 e. The molecule has 0 amide bonds. The monoisotopic (exact) mass is 332 g/mol. The second kappa shape index (κ2) is 5.01. The molecular weight excluding hydrogens is 304 g/mol. The van der Waals surface area contributed by atoms with Crippen LogP contribution in [0.4, 0.5) is 0 Å². The standard InChI is InChI=1S/C20H28O4/c1-10-13(21)5-7-19(2)12-4-6-20(3)16(24)9-15(23)18(20)11(12)8-14(22)17(10)19/h11-12,14-15,18,22-23H,4-9H2,1-3H3/t11-,12+,14-,15+,18-,19-,20-/m1/s1. The Morgan fingerprint density at radius 2 is 1.79 bits per heavy atom. The van der Waals surface area contributed by atoms with Crippen LogP contribution in [0, 0.1) is 28.6 Å². The van der Waals surface area contributed by atoms with Crippen molar-refractivity contribution < 1.29 is 19.8 Å². The molecule has 4 aliphatic rings. The van der Waals surface area contributed by atoms with Crippen molar-refractivity contribution in [2.24, 2.45) is 28.6 Å². The summed E-state index contributed by atoms with van der Waals surface area (Å²) in [5, 5.41) is 21.5. The highest BCUT2D eigenvalue weighted by Gasteiger charge is 2.63. The van der Waals surface area contributed by atoms with E-state index in [0.29, 0.717) is 18.8 Å². The van der Waals surface area contributed by atoms with Gasteiger partial charge >= 0.3 is 0 Å². The van der Waals surface area contributed by atoms with Crippen LogP contribution in [0.5, 0.6) is 0 Å². The van der Waals surface area contributed by atoms with E-state index in [-0.39, 0.29) is 35.2 Å². The van der Waals surface area contributed by atoms with Gasteiger partial charge in [-0.05, 0) is 61.0 Å². The maximum atomic E-state index is 12.5. The van der Waals surface area contributed by atoms with Gasteiger partial charge in [0.25, 0.3) is 0 Å². The summed E-state index contributed by atoms with van der Waals surface area (Å²) in [6, 6.07) is 0. The molecule has 4 heteroatoms. The molecule has 0 aliphatic heterocycles. The third kappa shape index (κ3) is 1.87. The number of fused-ring (bicyclic) bond motifs is 5. The van der Waals surface area contributed by atoms with Crippen LogP contribution in [0.15, 0.2) is 11.1 Å². The molecule has 7 atom stereocenters. The molecule has 4 rings (SSSR count). The molecule has 0 aromatic rings. The predicted molar refractivity (Wildman–Crippen MR) is 89.1 cm³/mol. The number of Topliss-reactive ketones (excluding diaryl/α,β-unsaturated/α-hetero) is 2. The molecule has 0 saturated heterocycles. The molecule has 0 aromatic heterocycles. The molecule has 3 fully saturated rings. The molecule has 4 aliphatic carbocycles. The van der Waals surface area contributed by atoms with Crippen molar-refractivity contribution in [2.45, 2.75) is 71.5 Å². The molecule has 3 saturated carbocycles. The fraction of sp³-hybridized carbons (Fsp3) is 0.800. The first-order chi connectivity index (χ1) is 11.2. The smallest absolute Gasteiger partial charge is 0.158 e. The Hall–Kier alpha value is -1.00. The summed E-state index contributed by atoms with van der Waals surface area (Å²) in [6.07, 6.45) is 2.73. The zero-order valence-electron chi connectivity index (χ0n) is 14.8. The lowest BCUT2D eigenvalue weighted by Crippen LogP contribution is -2.55. The minimum absolute atomic E-state index is 0.0466.